The molecular weight excluding hydrogens is 350 g/mol. The van der Waals surface area contributed by atoms with Crippen LogP contribution in [-0.2, 0) is 20.1 Å². The second-order valence-electron chi connectivity index (χ2n) is 6.77. The molecule has 0 atom stereocenters. The fourth-order valence-corrected chi connectivity index (χ4v) is 3.39. The molecule has 0 spiro atoms. The largest absolute Gasteiger partial charge is 0.459 e. The molecule has 0 aliphatic carbocycles. The van der Waals surface area contributed by atoms with Crippen molar-refractivity contribution in [3.63, 3.8) is 0 Å². The Bertz CT molecular complexity index is 1140. The molecule has 6 heteroatoms. The number of nitrogens with zero attached hydrogens (tertiary/aromatic N) is 3. The van der Waals surface area contributed by atoms with E-state index >= 15 is 0 Å². The van der Waals surface area contributed by atoms with Gasteiger partial charge in [0.1, 0.15) is 23.7 Å². The van der Waals surface area contributed by atoms with Gasteiger partial charge < -0.3 is 19.6 Å². The van der Waals surface area contributed by atoms with Crippen molar-refractivity contribution in [3.05, 3.63) is 65.7 Å². The maximum atomic E-state index is 5.99. The molecule has 0 fully saturated rings. The van der Waals surface area contributed by atoms with Gasteiger partial charge in [0.15, 0.2) is 5.96 Å². The van der Waals surface area contributed by atoms with Gasteiger partial charge in [-0.05, 0) is 32.0 Å². The van der Waals surface area contributed by atoms with Gasteiger partial charge in [0.25, 0.3) is 0 Å². The second kappa shape index (κ2) is 7.76. The van der Waals surface area contributed by atoms with Gasteiger partial charge in [-0.2, -0.15) is 0 Å². The van der Waals surface area contributed by atoms with Crippen molar-refractivity contribution < 1.29 is 4.42 Å². The van der Waals surface area contributed by atoms with E-state index in [1.165, 1.54) is 0 Å². The molecule has 0 aliphatic heterocycles. The van der Waals surface area contributed by atoms with E-state index in [2.05, 4.69) is 46.2 Å². The number of hydrogen-bond acceptors (Lipinski definition) is 3. The fraction of sp³-hybridized carbons (Fsp3) is 0.273. The molecule has 144 valence electrons. The number of furan rings is 1. The van der Waals surface area contributed by atoms with Crippen LogP contribution in [0.1, 0.15) is 24.1 Å². The number of rotatable bonds is 5. The molecule has 4 aromatic rings. The molecule has 0 radical (unpaired) electrons. The third kappa shape index (κ3) is 3.45. The number of imidazole rings is 1. The molecule has 2 heterocycles. The summed E-state index contributed by atoms with van der Waals surface area (Å²) in [5, 5.41) is 7.81. The van der Waals surface area contributed by atoms with Gasteiger partial charge in [0.05, 0.1) is 17.6 Å². The minimum atomic E-state index is 0.500. The molecule has 6 nitrogen and oxygen atoms in total. The molecule has 0 bridgehead atoms. The van der Waals surface area contributed by atoms with Crippen molar-refractivity contribution in [1.29, 1.82) is 0 Å². The molecule has 2 N–H and O–H groups in total. The summed E-state index contributed by atoms with van der Waals surface area (Å²) in [5.41, 5.74) is 4.18. The van der Waals surface area contributed by atoms with E-state index in [4.69, 9.17) is 9.41 Å². The van der Waals surface area contributed by atoms with E-state index in [1.54, 1.807) is 0 Å². The summed E-state index contributed by atoms with van der Waals surface area (Å²) in [5.74, 6) is 2.60. The summed E-state index contributed by atoms with van der Waals surface area (Å²) in [6.45, 7) is 6.01. The molecule has 28 heavy (non-hydrogen) atoms. The van der Waals surface area contributed by atoms with Gasteiger partial charge in [0, 0.05) is 24.5 Å². The zero-order chi connectivity index (χ0) is 19.5. The van der Waals surface area contributed by atoms with Crippen molar-refractivity contribution in [1.82, 2.24) is 20.2 Å². The van der Waals surface area contributed by atoms with Crippen LogP contribution in [0, 0.1) is 6.92 Å². The number of aliphatic imine (C=N–C) groups is 1. The minimum absolute atomic E-state index is 0.500. The van der Waals surface area contributed by atoms with Crippen molar-refractivity contribution in [3.8, 4) is 0 Å². The first-order valence-corrected chi connectivity index (χ1v) is 9.57. The monoisotopic (exact) mass is 375 g/mol. The van der Waals surface area contributed by atoms with Crippen molar-refractivity contribution in [2.75, 3.05) is 6.54 Å². The highest BCUT2D eigenvalue weighted by atomic mass is 16.3. The Balaban J connectivity index is 1.51. The van der Waals surface area contributed by atoms with Gasteiger partial charge in [-0.15, -0.1) is 0 Å². The Labute approximate surface area is 164 Å². The molecule has 0 saturated carbocycles. The topological polar surface area (TPSA) is 67.4 Å². The van der Waals surface area contributed by atoms with Crippen LogP contribution in [0.15, 0.2) is 57.9 Å². The highest BCUT2D eigenvalue weighted by Crippen LogP contribution is 2.24. The van der Waals surface area contributed by atoms with Gasteiger partial charge in [-0.3, -0.25) is 0 Å². The first-order valence-electron chi connectivity index (χ1n) is 9.57. The lowest BCUT2D eigenvalue weighted by Gasteiger charge is -2.10. The Kier molecular flexibility index (Phi) is 5.02. The number of para-hydroxylation sites is 3. The second-order valence-corrected chi connectivity index (χ2v) is 6.77. The number of aryl methyl sites for hydroxylation is 2. The van der Waals surface area contributed by atoms with E-state index in [9.17, 15) is 0 Å². The maximum Gasteiger partial charge on any atom is 0.192 e. The number of guanidine groups is 1. The first-order chi connectivity index (χ1) is 13.7. The van der Waals surface area contributed by atoms with Crippen LogP contribution in [0.4, 0.5) is 0 Å². The summed E-state index contributed by atoms with van der Waals surface area (Å²) in [6, 6.07) is 16.2. The lowest BCUT2D eigenvalue weighted by Crippen LogP contribution is -2.36. The van der Waals surface area contributed by atoms with Crippen molar-refractivity contribution in [2.24, 2.45) is 12.0 Å². The quantitative estimate of drug-likeness (QED) is 0.410. The molecule has 0 aliphatic rings. The highest BCUT2D eigenvalue weighted by Gasteiger charge is 2.11. The van der Waals surface area contributed by atoms with Crippen LogP contribution in [0.5, 0.6) is 0 Å². The third-order valence-corrected chi connectivity index (χ3v) is 4.96. The minimum Gasteiger partial charge on any atom is -0.459 e. The number of benzene rings is 2. The molecule has 0 amide bonds. The Morgan fingerprint density at radius 3 is 2.68 bits per heavy atom. The molecule has 2 aromatic carbocycles. The SMILES string of the molecule is CCNC(=NCc1nc2ccccc2n1C)NCc1oc2ccccc2c1C. The van der Waals surface area contributed by atoms with Gasteiger partial charge in [-0.25, -0.2) is 9.98 Å². The summed E-state index contributed by atoms with van der Waals surface area (Å²) >= 11 is 0. The maximum absolute atomic E-state index is 5.99. The number of fused-ring (bicyclic) bond motifs is 2. The third-order valence-electron chi connectivity index (χ3n) is 4.96. The van der Waals surface area contributed by atoms with E-state index in [0.29, 0.717) is 13.1 Å². The van der Waals surface area contributed by atoms with Crippen molar-refractivity contribution >= 4 is 28.0 Å². The lowest BCUT2D eigenvalue weighted by atomic mass is 10.1. The summed E-state index contributed by atoms with van der Waals surface area (Å²) < 4.78 is 8.08. The van der Waals surface area contributed by atoms with Gasteiger partial charge in [0.2, 0.25) is 0 Å². The van der Waals surface area contributed by atoms with Gasteiger partial charge in [-0.1, -0.05) is 30.3 Å². The fourth-order valence-electron chi connectivity index (χ4n) is 3.39. The van der Waals surface area contributed by atoms with E-state index in [-0.39, 0.29) is 0 Å². The smallest absolute Gasteiger partial charge is 0.192 e. The Morgan fingerprint density at radius 1 is 1.11 bits per heavy atom. The predicted molar refractivity (Wildman–Crippen MR) is 113 cm³/mol. The summed E-state index contributed by atoms with van der Waals surface area (Å²) in [4.78, 5) is 9.40. The molecule has 4 rings (SSSR count). The van der Waals surface area contributed by atoms with Crippen LogP contribution in [0.2, 0.25) is 0 Å². The average Bonchev–Trinajstić information content (AvgIpc) is 3.21. The van der Waals surface area contributed by atoms with Crippen LogP contribution >= 0.6 is 0 Å². The van der Waals surface area contributed by atoms with Crippen LogP contribution < -0.4 is 10.6 Å². The summed E-state index contributed by atoms with van der Waals surface area (Å²) in [6.07, 6.45) is 0. The standard InChI is InChI=1S/C22H25N5O/c1-4-23-22(24-13-20-15(2)16-9-5-8-12-19(16)28-20)25-14-21-26-17-10-6-7-11-18(17)27(21)3/h5-12H,4,13-14H2,1-3H3,(H2,23,24,25). The first kappa shape index (κ1) is 18.1. The molecule has 0 unspecified atom stereocenters. The highest BCUT2D eigenvalue weighted by molar-refractivity contribution is 5.83. The zero-order valence-electron chi connectivity index (χ0n) is 16.5. The Hall–Kier alpha value is -3.28. The number of hydrogen-bond donors (Lipinski definition) is 2. The van der Waals surface area contributed by atoms with Crippen molar-refractivity contribution in [2.45, 2.75) is 26.9 Å². The van der Waals surface area contributed by atoms with Gasteiger partial charge >= 0.3 is 0 Å². The van der Waals surface area contributed by atoms with E-state index in [1.807, 2.05) is 43.4 Å². The molecular formula is C22H25N5O. The molecule has 0 saturated heterocycles. The van der Waals surface area contributed by atoms with Crippen LogP contribution in [-0.4, -0.2) is 22.1 Å². The van der Waals surface area contributed by atoms with Crippen LogP contribution in [0.3, 0.4) is 0 Å². The normalized spacial score (nSPS) is 12.0. The van der Waals surface area contributed by atoms with Crippen LogP contribution in [0.25, 0.3) is 22.0 Å². The van der Waals surface area contributed by atoms with E-state index < -0.39 is 0 Å². The Morgan fingerprint density at radius 2 is 1.89 bits per heavy atom. The number of aromatic nitrogens is 2. The summed E-state index contributed by atoms with van der Waals surface area (Å²) in [7, 11) is 2.03. The van der Waals surface area contributed by atoms with E-state index in [0.717, 1.165) is 51.7 Å². The molecule has 2 aromatic heterocycles. The number of nitrogens with one attached hydrogen (secondary N) is 2. The average molecular weight is 375 g/mol. The predicted octanol–water partition coefficient (Wildman–Crippen LogP) is 3.88. The zero-order valence-corrected chi connectivity index (χ0v) is 16.5. The lowest BCUT2D eigenvalue weighted by molar-refractivity contribution is 0.534.